The summed E-state index contributed by atoms with van der Waals surface area (Å²) in [4.78, 5) is 4.40. The van der Waals surface area contributed by atoms with Crippen molar-refractivity contribution in [3.05, 3.63) is 59.2 Å². The van der Waals surface area contributed by atoms with Crippen molar-refractivity contribution in [3.63, 3.8) is 0 Å². The van der Waals surface area contributed by atoms with Crippen molar-refractivity contribution in [3.8, 4) is 0 Å². The first-order valence-electron chi connectivity index (χ1n) is 6.10. The summed E-state index contributed by atoms with van der Waals surface area (Å²) in [7, 11) is -3.65. The monoisotopic (exact) mass is 288 g/mol. The zero-order valence-electron chi connectivity index (χ0n) is 11.4. The lowest BCUT2D eigenvalue weighted by molar-refractivity contribution is 0.598. The van der Waals surface area contributed by atoms with Gasteiger partial charge in [-0.25, -0.2) is 13.6 Å². The van der Waals surface area contributed by atoms with Crippen molar-refractivity contribution < 1.29 is 8.42 Å². The van der Waals surface area contributed by atoms with E-state index in [-0.39, 0.29) is 4.90 Å². The van der Waals surface area contributed by atoms with Crippen molar-refractivity contribution in [1.82, 2.24) is 0 Å². The van der Waals surface area contributed by atoms with Crippen LogP contribution in [0.3, 0.4) is 0 Å². The van der Waals surface area contributed by atoms with E-state index in [1.54, 1.807) is 18.3 Å². The molecule has 0 heterocycles. The van der Waals surface area contributed by atoms with E-state index in [1.807, 2.05) is 19.1 Å². The predicted octanol–water partition coefficient (Wildman–Crippen LogP) is 2.70. The maximum Gasteiger partial charge on any atom is 0.238 e. The molecule has 4 nitrogen and oxygen atoms in total. The van der Waals surface area contributed by atoms with Gasteiger partial charge in [0, 0.05) is 6.21 Å². The van der Waals surface area contributed by atoms with Crippen molar-refractivity contribution in [2.75, 3.05) is 0 Å². The van der Waals surface area contributed by atoms with Crippen LogP contribution in [-0.4, -0.2) is 14.6 Å². The van der Waals surface area contributed by atoms with E-state index in [9.17, 15) is 8.42 Å². The average molecular weight is 288 g/mol. The van der Waals surface area contributed by atoms with Crippen LogP contribution in [0.15, 0.2) is 52.4 Å². The molecule has 0 atom stereocenters. The zero-order valence-corrected chi connectivity index (χ0v) is 12.2. The summed E-state index contributed by atoms with van der Waals surface area (Å²) in [6.07, 6.45) is 1.75. The van der Waals surface area contributed by atoms with Gasteiger partial charge in [0.25, 0.3) is 0 Å². The highest BCUT2D eigenvalue weighted by Gasteiger charge is 2.05. The summed E-state index contributed by atoms with van der Waals surface area (Å²) < 4.78 is 22.3. The van der Waals surface area contributed by atoms with Crippen LogP contribution in [0.2, 0.25) is 0 Å². The van der Waals surface area contributed by atoms with Crippen LogP contribution in [0.4, 0.5) is 5.69 Å². The molecule has 5 heteroatoms. The van der Waals surface area contributed by atoms with E-state index >= 15 is 0 Å². The number of hydrogen-bond donors (Lipinski definition) is 1. The highest BCUT2D eigenvalue weighted by atomic mass is 32.2. The Labute approximate surface area is 119 Å². The third-order valence-corrected chi connectivity index (χ3v) is 3.99. The third kappa shape index (κ3) is 3.53. The first kappa shape index (κ1) is 14.4. The Hall–Kier alpha value is -1.98. The molecule has 0 unspecified atom stereocenters. The van der Waals surface area contributed by atoms with Crippen LogP contribution in [0, 0.1) is 13.8 Å². The maximum absolute atomic E-state index is 11.1. The van der Waals surface area contributed by atoms with E-state index in [1.165, 1.54) is 23.3 Å². The van der Waals surface area contributed by atoms with E-state index in [0.717, 1.165) is 5.56 Å². The molecule has 0 aromatic heterocycles. The lowest BCUT2D eigenvalue weighted by Crippen LogP contribution is -2.11. The Morgan fingerprint density at radius 1 is 1.00 bits per heavy atom. The molecule has 0 aliphatic rings. The van der Waals surface area contributed by atoms with Gasteiger partial charge < -0.3 is 0 Å². The number of nitrogens with zero attached hydrogens (tertiary/aromatic N) is 1. The molecule has 2 N–H and O–H groups in total. The lowest BCUT2D eigenvalue weighted by Gasteiger charge is -2.01. The van der Waals surface area contributed by atoms with Crippen LogP contribution in [0.5, 0.6) is 0 Å². The van der Waals surface area contributed by atoms with Gasteiger partial charge in [-0.1, -0.05) is 18.2 Å². The van der Waals surface area contributed by atoms with Crippen molar-refractivity contribution >= 4 is 21.9 Å². The summed E-state index contributed by atoms with van der Waals surface area (Å²) in [5.41, 5.74) is 4.12. The first-order valence-corrected chi connectivity index (χ1v) is 7.65. The minimum Gasteiger partial charge on any atom is -0.256 e. The second-order valence-electron chi connectivity index (χ2n) is 4.64. The van der Waals surface area contributed by atoms with Crippen LogP contribution in [0.1, 0.15) is 16.7 Å². The van der Waals surface area contributed by atoms with Crippen LogP contribution >= 0.6 is 0 Å². The van der Waals surface area contributed by atoms with E-state index < -0.39 is 10.0 Å². The standard InChI is InChI=1S/C15H16N2O2S/c1-11-3-4-13(9-12(11)2)10-17-14-5-7-15(8-6-14)20(16,18)19/h3-10H,1-2H3,(H2,16,18,19). The van der Waals surface area contributed by atoms with Gasteiger partial charge in [-0.05, 0) is 54.8 Å². The molecule has 0 aliphatic heterocycles. The highest BCUT2D eigenvalue weighted by Crippen LogP contribution is 2.16. The minimum atomic E-state index is -3.65. The normalized spacial score (nSPS) is 11.9. The smallest absolute Gasteiger partial charge is 0.238 e. The molecule has 0 bridgehead atoms. The summed E-state index contributed by atoms with van der Waals surface area (Å²) in [5.74, 6) is 0. The third-order valence-electron chi connectivity index (χ3n) is 3.06. The zero-order chi connectivity index (χ0) is 14.8. The minimum absolute atomic E-state index is 0.0858. The molecular formula is C15H16N2O2S. The lowest BCUT2D eigenvalue weighted by atomic mass is 10.1. The molecule has 0 radical (unpaired) electrons. The molecule has 2 aromatic carbocycles. The van der Waals surface area contributed by atoms with Gasteiger partial charge in [-0.2, -0.15) is 0 Å². The molecule has 104 valence electrons. The number of sulfonamides is 1. The van der Waals surface area contributed by atoms with Gasteiger partial charge in [0.2, 0.25) is 10.0 Å². The highest BCUT2D eigenvalue weighted by molar-refractivity contribution is 7.89. The van der Waals surface area contributed by atoms with E-state index in [0.29, 0.717) is 5.69 Å². The Bertz CT molecular complexity index is 748. The van der Waals surface area contributed by atoms with Gasteiger partial charge in [0.05, 0.1) is 10.6 Å². The number of nitrogens with two attached hydrogens (primary N) is 1. The number of benzene rings is 2. The van der Waals surface area contributed by atoms with Gasteiger partial charge in [0.1, 0.15) is 0 Å². The molecule has 2 aromatic rings. The molecule has 2 rings (SSSR count). The van der Waals surface area contributed by atoms with Crippen LogP contribution < -0.4 is 5.14 Å². The summed E-state index contributed by atoms with van der Waals surface area (Å²) in [5, 5.41) is 5.04. The van der Waals surface area contributed by atoms with Crippen LogP contribution in [0.25, 0.3) is 0 Å². The fourth-order valence-corrected chi connectivity index (χ4v) is 2.23. The Kier molecular flexibility index (Phi) is 4.01. The molecular weight excluding hydrogens is 272 g/mol. The fraction of sp³-hybridized carbons (Fsp3) is 0.133. The Balaban J connectivity index is 2.21. The number of rotatable bonds is 3. The average Bonchev–Trinajstić information content (AvgIpc) is 2.40. The van der Waals surface area contributed by atoms with Crippen molar-refractivity contribution in [2.45, 2.75) is 18.7 Å². The second kappa shape index (κ2) is 5.56. The number of aliphatic imine (C=N–C) groups is 1. The number of hydrogen-bond acceptors (Lipinski definition) is 3. The fourth-order valence-electron chi connectivity index (χ4n) is 1.72. The predicted molar refractivity (Wildman–Crippen MR) is 81.0 cm³/mol. The second-order valence-corrected chi connectivity index (χ2v) is 6.20. The number of primary sulfonamides is 1. The summed E-state index contributed by atoms with van der Waals surface area (Å²) >= 11 is 0. The van der Waals surface area contributed by atoms with Gasteiger partial charge in [-0.3, -0.25) is 4.99 Å². The SMILES string of the molecule is Cc1ccc(C=Nc2ccc(S(N)(=O)=O)cc2)cc1C. The number of aryl methyl sites for hydroxylation is 2. The Morgan fingerprint density at radius 3 is 2.20 bits per heavy atom. The molecule has 0 fully saturated rings. The molecule has 0 aliphatic carbocycles. The quantitative estimate of drug-likeness (QED) is 0.882. The van der Waals surface area contributed by atoms with Crippen molar-refractivity contribution in [1.29, 1.82) is 0 Å². The maximum atomic E-state index is 11.1. The van der Waals surface area contributed by atoms with Gasteiger partial charge in [-0.15, -0.1) is 0 Å². The molecule has 0 saturated heterocycles. The summed E-state index contributed by atoms with van der Waals surface area (Å²) in [6, 6.07) is 12.2. The van der Waals surface area contributed by atoms with Crippen molar-refractivity contribution in [2.24, 2.45) is 10.1 Å². The molecule has 0 amide bonds. The van der Waals surface area contributed by atoms with Crippen LogP contribution in [-0.2, 0) is 10.0 Å². The molecule has 0 spiro atoms. The van der Waals surface area contributed by atoms with E-state index in [2.05, 4.69) is 18.0 Å². The topological polar surface area (TPSA) is 72.5 Å². The van der Waals surface area contributed by atoms with E-state index in [4.69, 9.17) is 5.14 Å². The first-order chi connectivity index (χ1) is 9.36. The largest absolute Gasteiger partial charge is 0.256 e. The van der Waals surface area contributed by atoms with Gasteiger partial charge in [0.15, 0.2) is 0 Å². The Morgan fingerprint density at radius 2 is 1.65 bits per heavy atom. The molecule has 20 heavy (non-hydrogen) atoms. The molecule has 0 saturated carbocycles. The van der Waals surface area contributed by atoms with Gasteiger partial charge >= 0.3 is 0 Å². The summed E-state index contributed by atoms with van der Waals surface area (Å²) in [6.45, 7) is 4.11.